The summed E-state index contributed by atoms with van der Waals surface area (Å²) < 4.78 is 7.17. The van der Waals surface area contributed by atoms with Crippen LogP contribution in [-0.2, 0) is 4.79 Å². The average molecular weight is 337 g/mol. The molecule has 0 bridgehead atoms. The highest BCUT2D eigenvalue weighted by atomic mass is 16.5. The second kappa shape index (κ2) is 7.57. The fourth-order valence-corrected chi connectivity index (χ4v) is 2.41. The van der Waals surface area contributed by atoms with Gasteiger partial charge in [0, 0.05) is 13.1 Å². The summed E-state index contributed by atoms with van der Waals surface area (Å²) in [5, 5.41) is 11.0. The maximum atomic E-state index is 12.4. The number of carbonyl (C=O) groups excluding carboxylic acids is 1. The molecule has 0 spiro atoms. The fourth-order valence-electron chi connectivity index (χ4n) is 2.41. The topological polar surface area (TPSA) is 73.1 Å². The highest BCUT2D eigenvalue weighted by Gasteiger charge is 2.17. The summed E-state index contributed by atoms with van der Waals surface area (Å²) in [5.41, 5.74) is 1.85. The molecule has 0 aliphatic carbocycles. The van der Waals surface area contributed by atoms with E-state index in [2.05, 4.69) is 15.5 Å². The van der Waals surface area contributed by atoms with Gasteiger partial charge >= 0.3 is 0 Å². The first-order valence-corrected chi connectivity index (χ1v) is 7.92. The molecule has 2 aromatic carbocycles. The number of likely N-dealkylation sites (N-methyl/N-ethyl adjacent to an activating group) is 1. The summed E-state index contributed by atoms with van der Waals surface area (Å²) in [6.45, 7) is 1.96. The van der Waals surface area contributed by atoms with Gasteiger partial charge in [0.15, 0.2) is 6.61 Å². The van der Waals surface area contributed by atoms with Crippen molar-refractivity contribution in [3.63, 3.8) is 0 Å². The van der Waals surface area contributed by atoms with Crippen molar-refractivity contribution in [2.75, 3.05) is 13.7 Å². The molecule has 25 heavy (non-hydrogen) atoms. The molecule has 0 unspecified atom stereocenters. The summed E-state index contributed by atoms with van der Waals surface area (Å²) in [5.74, 6) is 0.492. The van der Waals surface area contributed by atoms with Crippen LogP contribution >= 0.6 is 0 Å². The van der Waals surface area contributed by atoms with Crippen molar-refractivity contribution in [1.29, 1.82) is 0 Å². The van der Waals surface area contributed by atoms with Gasteiger partial charge in [-0.15, -0.1) is 5.10 Å². The summed E-state index contributed by atoms with van der Waals surface area (Å²) in [6.07, 6.45) is 1.50. The van der Waals surface area contributed by atoms with E-state index < -0.39 is 0 Å². The minimum atomic E-state index is -0.0934. The van der Waals surface area contributed by atoms with Crippen LogP contribution in [0.5, 0.6) is 5.75 Å². The summed E-state index contributed by atoms with van der Waals surface area (Å²) in [7, 11) is 1.78. The molecule has 1 atom stereocenters. The first-order valence-electron chi connectivity index (χ1n) is 7.92. The molecule has 3 rings (SSSR count). The van der Waals surface area contributed by atoms with E-state index in [4.69, 9.17) is 4.74 Å². The molecule has 0 saturated carbocycles. The van der Waals surface area contributed by atoms with E-state index in [1.807, 2.05) is 49.4 Å². The predicted octanol–water partition coefficient (Wildman–Crippen LogP) is 2.26. The van der Waals surface area contributed by atoms with Crippen LogP contribution in [0.2, 0.25) is 0 Å². The predicted molar refractivity (Wildman–Crippen MR) is 92.3 cm³/mol. The Labute approximate surface area is 145 Å². The highest BCUT2D eigenvalue weighted by molar-refractivity contribution is 5.78. The molecular weight excluding hydrogens is 318 g/mol. The molecule has 1 heterocycles. The van der Waals surface area contributed by atoms with E-state index in [-0.39, 0.29) is 18.6 Å². The van der Waals surface area contributed by atoms with Gasteiger partial charge in [-0.3, -0.25) is 4.79 Å². The third kappa shape index (κ3) is 4.00. The number of carbonyl (C=O) groups is 1. The van der Waals surface area contributed by atoms with E-state index in [0.717, 1.165) is 11.3 Å². The Morgan fingerprint density at radius 1 is 1.20 bits per heavy atom. The van der Waals surface area contributed by atoms with Crippen LogP contribution in [0.3, 0.4) is 0 Å². The number of hydrogen-bond acceptors (Lipinski definition) is 5. The number of benzene rings is 2. The van der Waals surface area contributed by atoms with Crippen molar-refractivity contribution in [3.05, 3.63) is 66.5 Å². The highest BCUT2D eigenvalue weighted by Crippen LogP contribution is 2.19. The van der Waals surface area contributed by atoms with Gasteiger partial charge in [-0.05, 0) is 35.0 Å². The minimum Gasteiger partial charge on any atom is -0.484 e. The molecule has 1 amide bonds. The van der Waals surface area contributed by atoms with Crippen LogP contribution in [0.15, 0.2) is 60.9 Å². The Bertz CT molecular complexity index is 821. The minimum absolute atomic E-state index is 0.0233. The van der Waals surface area contributed by atoms with Crippen LogP contribution < -0.4 is 4.74 Å². The van der Waals surface area contributed by atoms with Gasteiger partial charge in [-0.1, -0.05) is 36.4 Å². The van der Waals surface area contributed by atoms with Gasteiger partial charge in [0.25, 0.3) is 5.91 Å². The lowest BCUT2D eigenvalue weighted by molar-refractivity contribution is -0.134. The lowest BCUT2D eigenvalue weighted by Gasteiger charge is -2.25. The monoisotopic (exact) mass is 337 g/mol. The van der Waals surface area contributed by atoms with E-state index in [9.17, 15) is 4.79 Å². The molecule has 0 radical (unpaired) electrons. The summed E-state index contributed by atoms with van der Waals surface area (Å²) in [6, 6.07) is 17.1. The van der Waals surface area contributed by atoms with Gasteiger partial charge in [-0.2, -0.15) is 0 Å². The van der Waals surface area contributed by atoms with Crippen LogP contribution in [0.25, 0.3) is 5.69 Å². The normalized spacial score (nSPS) is 11.8. The number of hydrogen-bond donors (Lipinski definition) is 0. The third-order valence-electron chi connectivity index (χ3n) is 4.05. The van der Waals surface area contributed by atoms with E-state index in [1.165, 1.54) is 11.0 Å². The molecule has 0 saturated heterocycles. The van der Waals surface area contributed by atoms with Gasteiger partial charge < -0.3 is 9.64 Å². The third-order valence-corrected chi connectivity index (χ3v) is 4.05. The molecule has 1 aromatic heterocycles. The molecule has 0 aliphatic heterocycles. The molecule has 7 heteroatoms. The summed E-state index contributed by atoms with van der Waals surface area (Å²) in [4.78, 5) is 14.1. The Hall–Kier alpha value is -3.22. The standard InChI is InChI=1S/C18H19N5O2/c1-14(15-7-4-3-5-8-15)22(2)18(24)12-25-17-10-6-9-16(11-17)23-13-19-20-21-23/h3-11,13-14H,12H2,1-2H3/t14-/m0/s1. The zero-order chi connectivity index (χ0) is 17.6. The number of tetrazole rings is 1. The largest absolute Gasteiger partial charge is 0.484 e. The molecule has 0 aliphatic rings. The molecule has 128 valence electrons. The van der Waals surface area contributed by atoms with Gasteiger partial charge in [0.2, 0.25) is 0 Å². The number of nitrogens with zero attached hydrogens (tertiary/aromatic N) is 5. The molecule has 0 N–H and O–H groups in total. The number of amides is 1. The Morgan fingerprint density at radius 2 is 2.00 bits per heavy atom. The smallest absolute Gasteiger partial charge is 0.260 e. The quantitative estimate of drug-likeness (QED) is 0.690. The van der Waals surface area contributed by atoms with E-state index >= 15 is 0 Å². The van der Waals surface area contributed by atoms with Crippen LogP contribution in [0.4, 0.5) is 0 Å². The van der Waals surface area contributed by atoms with Crippen molar-refractivity contribution in [1.82, 2.24) is 25.1 Å². The van der Waals surface area contributed by atoms with Gasteiger partial charge in [0.05, 0.1) is 11.7 Å². The van der Waals surface area contributed by atoms with Crippen LogP contribution in [0.1, 0.15) is 18.5 Å². The number of aromatic nitrogens is 4. The second-order valence-corrected chi connectivity index (χ2v) is 5.63. The Morgan fingerprint density at radius 3 is 2.72 bits per heavy atom. The lowest BCUT2D eigenvalue weighted by Crippen LogP contribution is -2.33. The second-order valence-electron chi connectivity index (χ2n) is 5.63. The fraction of sp³-hybridized carbons (Fsp3) is 0.222. The maximum Gasteiger partial charge on any atom is 0.260 e. The molecule has 0 fully saturated rings. The Kier molecular flexibility index (Phi) is 5.03. The van der Waals surface area contributed by atoms with Gasteiger partial charge in [0.1, 0.15) is 12.1 Å². The van der Waals surface area contributed by atoms with E-state index in [0.29, 0.717) is 5.75 Å². The van der Waals surface area contributed by atoms with Crippen molar-refractivity contribution in [2.45, 2.75) is 13.0 Å². The average Bonchev–Trinajstić information content (AvgIpc) is 3.20. The molecule has 3 aromatic rings. The number of ether oxygens (including phenoxy) is 1. The Balaban J connectivity index is 1.61. The molecule has 7 nitrogen and oxygen atoms in total. The van der Waals surface area contributed by atoms with Crippen molar-refractivity contribution >= 4 is 5.91 Å². The zero-order valence-electron chi connectivity index (χ0n) is 14.1. The maximum absolute atomic E-state index is 12.4. The first kappa shape index (κ1) is 16.6. The molecular formula is C18H19N5O2. The summed E-state index contributed by atoms with van der Waals surface area (Å²) >= 11 is 0. The van der Waals surface area contributed by atoms with E-state index in [1.54, 1.807) is 24.1 Å². The van der Waals surface area contributed by atoms with Crippen molar-refractivity contribution in [2.24, 2.45) is 0 Å². The van der Waals surface area contributed by atoms with Gasteiger partial charge in [-0.25, -0.2) is 4.68 Å². The van der Waals surface area contributed by atoms with Crippen molar-refractivity contribution < 1.29 is 9.53 Å². The lowest BCUT2D eigenvalue weighted by atomic mass is 10.1. The first-order chi connectivity index (χ1) is 12.1. The number of rotatable bonds is 6. The van der Waals surface area contributed by atoms with Crippen molar-refractivity contribution in [3.8, 4) is 11.4 Å². The zero-order valence-corrected chi connectivity index (χ0v) is 14.1. The van der Waals surface area contributed by atoms with Crippen LogP contribution in [-0.4, -0.2) is 44.7 Å². The van der Waals surface area contributed by atoms with Crippen LogP contribution in [0, 0.1) is 0 Å². The SMILES string of the molecule is C[C@@H](c1ccccc1)N(C)C(=O)COc1cccc(-n2cnnn2)c1.